The Labute approximate surface area is 436 Å². The lowest BCUT2D eigenvalue weighted by molar-refractivity contribution is 0.568. The second kappa shape index (κ2) is 17.7. The lowest BCUT2D eigenvalue weighted by Gasteiger charge is -2.26. The van der Waals surface area contributed by atoms with Crippen LogP contribution in [-0.2, 0) is 32.5 Å². The average molecular weight is 966 g/mol. The zero-order valence-electron chi connectivity index (χ0n) is 47.1. The molecule has 5 heterocycles. The van der Waals surface area contributed by atoms with Gasteiger partial charge in [-0.1, -0.05) is 191 Å². The maximum atomic E-state index is 6.36. The van der Waals surface area contributed by atoms with Gasteiger partial charge in [0.2, 0.25) is 0 Å². The normalized spacial score (nSPS) is 13.6. The van der Waals surface area contributed by atoms with Crippen molar-refractivity contribution in [1.82, 2.24) is 19.9 Å². The second-order valence-electron chi connectivity index (χ2n) is 27.0. The average Bonchev–Trinajstić information content (AvgIpc) is 4.13. The third-order valence-corrected chi connectivity index (χ3v) is 14.8. The number of aromatic amines is 2. The predicted octanol–water partition coefficient (Wildman–Crippen LogP) is 18.7. The number of nitrogens with one attached hydrogen (secondary N) is 2. The lowest BCUT2D eigenvalue weighted by Crippen LogP contribution is -2.16. The fourth-order valence-electron chi connectivity index (χ4n) is 9.98. The molecule has 0 aliphatic carbocycles. The summed E-state index contributed by atoms with van der Waals surface area (Å²) in [6, 6.07) is 38.7. The highest BCUT2D eigenvalue weighted by Crippen LogP contribution is 2.44. The molecule has 2 aliphatic rings. The number of hydrogen-bond acceptors (Lipinski definition) is 3. The van der Waals surface area contributed by atoms with Crippen molar-refractivity contribution in [3.05, 3.63) is 159 Å². The van der Waals surface area contributed by atoms with Gasteiger partial charge in [-0.3, -0.25) is 0 Å². The van der Waals surface area contributed by atoms with Gasteiger partial charge in [0.05, 0.1) is 22.8 Å². The molecular formula is C68H79N5. The molecule has 0 radical (unpaired) electrons. The van der Waals surface area contributed by atoms with Gasteiger partial charge >= 0.3 is 0 Å². The fraction of sp³-hybridized carbons (Fsp3) is 0.353. The van der Waals surface area contributed by atoms with Crippen LogP contribution in [0.3, 0.4) is 0 Å². The minimum Gasteiger partial charge on any atom is -0.399 e. The highest BCUT2D eigenvalue weighted by Gasteiger charge is 2.28. The fourth-order valence-corrected chi connectivity index (χ4v) is 9.98. The van der Waals surface area contributed by atoms with Crippen LogP contribution in [0.2, 0.25) is 0 Å². The highest BCUT2D eigenvalue weighted by molar-refractivity contribution is 6.00. The van der Waals surface area contributed by atoms with Gasteiger partial charge in [0.25, 0.3) is 0 Å². The van der Waals surface area contributed by atoms with Crippen molar-refractivity contribution in [2.45, 2.75) is 157 Å². The van der Waals surface area contributed by atoms with Crippen molar-refractivity contribution < 1.29 is 0 Å². The number of aromatic nitrogens is 4. The molecule has 4 N–H and O–H groups in total. The molecule has 8 bridgehead atoms. The quantitative estimate of drug-likeness (QED) is 0.154. The van der Waals surface area contributed by atoms with Crippen molar-refractivity contribution >= 4 is 52.1 Å². The van der Waals surface area contributed by atoms with E-state index in [0.717, 1.165) is 89.4 Å². The van der Waals surface area contributed by atoms with E-state index in [4.69, 9.17) is 15.7 Å². The molecule has 0 saturated carbocycles. The molecule has 0 saturated heterocycles. The lowest BCUT2D eigenvalue weighted by atomic mass is 9.78. The third-order valence-electron chi connectivity index (χ3n) is 14.8. The molecule has 9 rings (SSSR count). The smallest absolute Gasteiger partial charge is 0.0737 e. The first-order chi connectivity index (χ1) is 33.8. The Kier molecular flexibility index (Phi) is 12.4. The Balaban J connectivity index is 1.53. The monoisotopic (exact) mass is 966 g/mol. The van der Waals surface area contributed by atoms with E-state index in [2.05, 4.69) is 250 Å². The maximum absolute atomic E-state index is 6.36. The molecule has 5 nitrogen and oxygen atoms in total. The van der Waals surface area contributed by atoms with Crippen molar-refractivity contribution in [1.29, 1.82) is 0 Å². The number of H-pyrrole nitrogens is 2. The van der Waals surface area contributed by atoms with Crippen LogP contribution in [0.4, 0.5) is 5.69 Å². The van der Waals surface area contributed by atoms with Crippen LogP contribution < -0.4 is 5.73 Å². The van der Waals surface area contributed by atoms with E-state index in [1.807, 2.05) is 12.1 Å². The van der Waals surface area contributed by atoms with Crippen LogP contribution in [0, 0.1) is 0 Å². The molecule has 2 aliphatic heterocycles. The number of nitrogens with two attached hydrogens (primary N) is 1. The molecule has 0 atom stereocenters. The van der Waals surface area contributed by atoms with Gasteiger partial charge in [-0.15, -0.1) is 0 Å². The van der Waals surface area contributed by atoms with Gasteiger partial charge in [0.1, 0.15) is 0 Å². The Morgan fingerprint density at radius 1 is 0.288 bits per heavy atom. The molecule has 0 spiro atoms. The standard InChI is InChI=1S/C68H79N5/c1-63(2,3)44-31-41(32-45(37-44)64(4,5)6)60-53-25-23-51(70-53)59(40-19-21-50(69)22-20-40)52-24-26-54(71-52)61(42-33-46(65(7,8)9)38-47(34-42)66(10,11)12)56-28-30-58(73-56)62(57-29-27-55(60)72-57)43-35-48(67(13,14)15)39-49(36-43)68(16,17)18/h19-39,70,73H,69H2,1-18H3. The van der Waals surface area contributed by atoms with Gasteiger partial charge in [-0.05, 0) is 149 Å². The first-order valence-electron chi connectivity index (χ1n) is 26.3. The molecule has 0 amide bonds. The largest absolute Gasteiger partial charge is 0.399 e. The molecular weight excluding hydrogens is 887 g/mol. The first-order valence-corrected chi connectivity index (χ1v) is 26.3. The zero-order chi connectivity index (χ0) is 53.0. The second-order valence-corrected chi connectivity index (χ2v) is 27.0. The summed E-state index contributed by atoms with van der Waals surface area (Å²) in [5.74, 6) is 0. The van der Waals surface area contributed by atoms with Crippen molar-refractivity contribution in [2.24, 2.45) is 0 Å². The number of nitrogens with zero attached hydrogens (tertiary/aromatic N) is 2. The molecule has 3 aromatic heterocycles. The van der Waals surface area contributed by atoms with E-state index in [0.29, 0.717) is 5.69 Å². The number of fused-ring (bicyclic) bond motifs is 8. The van der Waals surface area contributed by atoms with Crippen molar-refractivity contribution in [2.75, 3.05) is 5.73 Å². The SMILES string of the molecule is CC(C)(C)c1cc(-c2c3nc(c(-c4cc(C(C)(C)C)cc(C(C)(C)C)c4)c4ccc([nH]4)c(-c4cc(C(C)(C)C)cc(C(C)(C)C)c4)c4nc(c(-c5ccc(N)cc5)c5ccc2[nH]5)C=C4)C=C3)cc(C(C)(C)C)c1. The minimum absolute atomic E-state index is 0.0923. The van der Waals surface area contributed by atoms with E-state index in [9.17, 15) is 0 Å². The van der Waals surface area contributed by atoms with Gasteiger partial charge in [-0.25, -0.2) is 9.97 Å². The van der Waals surface area contributed by atoms with E-state index in [-0.39, 0.29) is 32.5 Å². The Bertz CT molecular complexity index is 3370. The summed E-state index contributed by atoms with van der Waals surface area (Å²) in [5, 5.41) is 0. The molecule has 7 aromatic rings. The van der Waals surface area contributed by atoms with Crippen LogP contribution >= 0.6 is 0 Å². The van der Waals surface area contributed by atoms with Crippen molar-refractivity contribution in [3.8, 4) is 44.5 Å². The van der Waals surface area contributed by atoms with Gasteiger partial charge in [0.15, 0.2) is 0 Å². The summed E-state index contributed by atoms with van der Waals surface area (Å²) in [5.41, 5.74) is 30.2. The van der Waals surface area contributed by atoms with Gasteiger partial charge < -0.3 is 15.7 Å². The topological polar surface area (TPSA) is 83.4 Å². The van der Waals surface area contributed by atoms with E-state index >= 15 is 0 Å². The molecule has 0 unspecified atom stereocenters. The minimum atomic E-state index is -0.0946. The zero-order valence-corrected chi connectivity index (χ0v) is 47.1. The summed E-state index contributed by atoms with van der Waals surface area (Å²) in [7, 11) is 0. The Morgan fingerprint density at radius 2 is 0.507 bits per heavy atom. The molecule has 0 fully saturated rings. The molecule has 73 heavy (non-hydrogen) atoms. The number of nitrogen functional groups attached to an aromatic ring is 1. The molecule has 4 aromatic carbocycles. The number of benzene rings is 4. The van der Waals surface area contributed by atoms with Crippen molar-refractivity contribution in [3.63, 3.8) is 0 Å². The number of hydrogen-bond donors (Lipinski definition) is 3. The summed E-state index contributed by atoms with van der Waals surface area (Å²) in [4.78, 5) is 19.5. The van der Waals surface area contributed by atoms with Crippen LogP contribution in [0.25, 0.3) is 90.9 Å². The Morgan fingerprint density at radius 3 is 0.726 bits per heavy atom. The molecule has 5 heteroatoms. The summed E-state index contributed by atoms with van der Waals surface area (Å²) < 4.78 is 0. The third kappa shape index (κ3) is 10.3. The highest BCUT2D eigenvalue weighted by atomic mass is 14.8. The van der Waals surface area contributed by atoms with E-state index < -0.39 is 0 Å². The van der Waals surface area contributed by atoms with Gasteiger partial charge in [-0.2, -0.15) is 0 Å². The predicted molar refractivity (Wildman–Crippen MR) is 317 cm³/mol. The number of anilines is 1. The van der Waals surface area contributed by atoms with Crippen LogP contribution in [0.15, 0.2) is 103 Å². The van der Waals surface area contributed by atoms with E-state index in [1.165, 1.54) is 33.4 Å². The van der Waals surface area contributed by atoms with Gasteiger partial charge in [0, 0.05) is 50.0 Å². The van der Waals surface area contributed by atoms with Crippen LogP contribution in [0.1, 0.15) is 181 Å². The Hall–Kier alpha value is -6.72. The van der Waals surface area contributed by atoms with E-state index in [1.54, 1.807) is 0 Å². The number of rotatable bonds is 4. The maximum Gasteiger partial charge on any atom is 0.0737 e. The first kappa shape index (κ1) is 51.2. The van der Waals surface area contributed by atoms with Crippen LogP contribution in [-0.4, -0.2) is 19.9 Å². The summed E-state index contributed by atoms with van der Waals surface area (Å²) in [6.45, 7) is 41.5. The summed E-state index contributed by atoms with van der Waals surface area (Å²) in [6.07, 6.45) is 8.84. The van der Waals surface area contributed by atoms with Crippen LogP contribution in [0.5, 0.6) is 0 Å². The molecule has 376 valence electrons. The summed E-state index contributed by atoms with van der Waals surface area (Å²) >= 11 is 0.